The van der Waals surface area contributed by atoms with Gasteiger partial charge >= 0.3 is 0 Å². The highest BCUT2D eigenvalue weighted by molar-refractivity contribution is 5.98. The number of aliphatic imine (C=N–C) groups is 1. The van der Waals surface area contributed by atoms with Crippen molar-refractivity contribution in [2.45, 2.75) is 58.7 Å². The van der Waals surface area contributed by atoms with Crippen LogP contribution < -0.4 is 0 Å². The zero-order chi connectivity index (χ0) is 16.3. The maximum Gasteiger partial charge on any atom is 0.251 e. The largest absolute Gasteiger partial charge is 0.480 e. The molecule has 1 aromatic carbocycles. The van der Waals surface area contributed by atoms with Gasteiger partial charge in [0.2, 0.25) is 5.90 Å². The molecular formula is C18H26N2O2. The lowest BCUT2D eigenvalue weighted by Gasteiger charge is -2.43. The Bertz CT molecular complexity index is 555. The van der Waals surface area contributed by atoms with Crippen LogP contribution in [0.2, 0.25) is 0 Å². The molecule has 1 aliphatic heterocycles. The first-order chi connectivity index (χ1) is 10.4. The molecule has 0 saturated heterocycles. The number of carbonyl (C=O) groups excluding carboxylic acids is 1. The lowest BCUT2D eigenvalue weighted by Crippen LogP contribution is -2.57. The van der Waals surface area contributed by atoms with E-state index < -0.39 is 5.54 Å². The third-order valence-corrected chi connectivity index (χ3v) is 4.51. The number of hydrogen-bond donors (Lipinski definition) is 0. The molecular weight excluding hydrogens is 276 g/mol. The fraction of sp³-hybridized carbons (Fsp3) is 0.556. The molecule has 0 bridgehead atoms. The van der Waals surface area contributed by atoms with Crippen molar-refractivity contribution in [3.8, 4) is 0 Å². The van der Waals surface area contributed by atoms with Gasteiger partial charge in [-0.05, 0) is 39.7 Å². The summed E-state index contributed by atoms with van der Waals surface area (Å²) < 4.78 is 5.71. The molecule has 22 heavy (non-hydrogen) atoms. The SMILES string of the molecule is CCOC1=N[C@](C)(CC)C(=O)N([C@@H](C)c2ccccc2)[C@@H]1C. The van der Waals surface area contributed by atoms with Gasteiger partial charge in [-0.1, -0.05) is 37.3 Å². The number of carbonyl (C=O) groups is 1. The second-order valence-electron chi connectivity index (χ2n) is 5.99. The molecule has 0 unspecified atom stereocenters. The van der Waals surface area contributed by atoms with Crippen molar-refractivity contribution in [3.05, 3.63) is 35.9 Å². The highest BCUT2D eigenvalue weighted by Gasteiger charge is 2.45. The Kier molecular flexibility index (Phi) is 4.89. The summed E-state index contributed by atoms with van der Waals surface area (Å²) in [5, 5.41) is 0. The Morgan fingerprint density at radius 3 is 2.50 bits per heavy atom. The van der Waals surface area contributed by atoms with E-state index in [1.54, 1.807) is 0 Å². The smallest absolute Gasteiger partial charge is 0.251 e. The fourth-order valence-electron chi connectivity index (χ4n) is 2.89. The Hall–Kier alpha value is -1.84. The minimum absolute atomic E-state index is 0.0134. The van der Waals surface area contributed by atoms with E-state index in [1.807, 2.05) is 50.8 Å². The van der Waals surface area contributed by atoms with Crippen LogP contribution in [-0.4, -0.2) is 34.9 Å². The van der Waals surface area contributed by atoms with Gasteiger partial charge in [0, 0.05) is 0 Å². The van der Waals surface area contributed by atoms with Crippen molar-refractivity contribution in [2.75, 3.05) is 6.61 Å². The molecule has 1 heterocycles. The molecule has 4 heteroatoms. The van der Waals surface area contributed by atoms with Crippen LogP contribution in [0.15, 0.2) is 35.3 Å². The molecule has 0 spiro atoms. The van der Waals surface area contributed by atoms with Crippen LogP contribution in [0, 0.1) is 0 Å². The van der Waals surface area contributed by atoms with Crippen molar-refractivity contribution in [1.82, 2.24) is 4.90 Å². The van der Waals surface area contributed by atoms with Crippen LogP contribution in [0.5, 0.6) is 0 Å². The second-order valence-corrected chi connectivity index (χ2v) is 5.99. The Morgan fingerprint density at radius 1 is 1.32 bits per heavy atom. The molecule has 0 fully saturated rings. The zero-order valence-electron chi connectivity index (χ0n) is 14.2. The Balaban J connectivity index is 2.42. The van der Waals surface area contributed by atoms with Gasteiger partial charge in [-0.2, -0.15) is 0 Å². The van der Waals surface area contributed by atoms with E-state index in [9.17, 15) is 4.79 Å². The van der Waals surface area contributed by atoms with Crippen molar-refractivity contribution >= 4 is 11.8 Å². The summed E-state index contributed by atoms with van der Waals surface area (Å²) in [7, 11) is 0. The van der Waals surface area contributed by atoms with Gasteiger partial charge in [0.15, 0.2) is 0 Å². The number of rotatable bonds is 4. The first-order valence-corrected chi connectivity index (χ1v) is 8.04. The Labute approximate surface area is 133 Å². The van der Waals surface area contributed by atoms with Gasteiger partial charge in [0.25, 0.3) is 5.91 Å². The molecule has 120 valence electrons. The van der Waals surface area contributed by atoms with Crippen molar-refractivity contribution in [1.29, 1.82) is 0 Å². The first-order valence-electron chi connectivity index (χ1n) is 8.04. The van der Waals surface area contributed by atoms with Crippen molar-refractivity contribution < 1.29 is 9.53 Å². The highest BCUT2D eigenvalue weighted by Crippen LogP contribution is 2.33. The van der Waals surface area contributed by atoms with Gasteiger partial charge in [0.05, 0.1) is 12.6 Å². The molecule has 2 rings (SSSR count). The average molecular weight is 302 g/mol. The number of nitrogens with zero attached hydrogens (tertiary/aromatic N) is 2. The third-order valence-electron chi connectivity index (χ3n) is 4.51. The molecule has 0 N–H and O–H groups in total. The molecule has 1 aromatic rings. The summed E-state index contributed by atoms with van der Waals surface area (Å²) in [4.78, 5) is 19.5. The van der Waals surface area contributed by atoms with Crippen molar-refractivity contribution in [2.24, 2.45) is 4.99 Å². The molecule has 4 nitrogen and oxygen atoms in total. The van der Waals surface area contributed by atoms with Gasteiger partial charge in [-0.15, -0.1) is 0 Å². The molecule has 3 atom stereocenters. The molecule has 0 aromatic heterocycles. The lowest BCUT2D eigenvalue weighted by molar-refractivity contribution is -0.141. The topological polar surface area (TPSA) is 41.9 Å². The van der Waals surface area contributed by atoms with E-state index in [0.717, 1.165) is 5.56 Å². The summed E-state index contributed by atoms with van der Waals surface area (Å²) in [6.45, 7) is 10.4. The fourth-order valence-corrected chi connectivity index (χ4v) is 2.89. The predicted molar refractivity (Wildman–Crippen MR) is 88.9 cm³/mol. The summed E-state index contributed by atoms with van der Waals surface area (Å²) in [5.74, 6) is 0.733. The summed E-state index contributed by atoms with van der Waals surface area (Å²) in [5.41, 5.74) is 0.388. The summed E-state index contributed by atoms with van der Waals surface area (Å²) in [6.07, 6.45) is 0.660. The standard InChI is InChI=1S/C18H26N2O2/c1-6-18(5)17(21)20(14(4)16(19-18)22-7-2)13(3)15-11-9-8-10-12-15/h8-14H,6-7H2,1-5H3/t13-,14+,18+/m0/s1. The van der Waals surface area contributed by atoms with Crippen LogP contribution in [0.25, 0.3) is 0 Å². The minimum Gasteiger partial charge on any atom is -0.480 e. The summed E-state index contributed by atoms with van der Waals surface area (Å²) in [6, 6.07) is 9.94. The molecule has 0 aliphatic carbocycles. The van der Waals surface area contributed by atoms with Crippen LogP contribution in [0.4, 0.5) is 0 Å². The van der Waals surface area contributed by atoms with E-state index in [2.05, 4.69) is 24.0 Å². The normalized spacial score (nSPS) is 26.6. The highest BCUT2D eigenvalue weighted by atomic mass is 16.5. The monoisotopic (exact) mass is 302 g/mol. The van der Waals surface area contributed by atoms with Crippen LogP contribution in [0.1, 0.15) is 52.6 Å². The number of amides is 1. The van der Waals surface area contributed by atoms with Crippen LogP contribution in [0.3, 0.4) is 0 Å². The van der Waals surface area contributed by atoms with E-state index >= 15 is 0 Å². The van der Waals surface area contributed by atoms with Crippen LogP contribution in [-0.2, 0) is 9.53 Å². The van der Waals surface area contributed by atoms with Gasteiger partial charge in [-0.3, -0.25) is 4.79 Å². The molecule has 0 saturated carbocycles. The number of hydrogen-bond acceptors (Lipinski definition) is 3. The third kappa shape index (κ3) is 2.87. The van der Waals surface area contributed by atoms with Gasteiger partial charge in [0.1, 0.15) is 11.6 Å². The van der Waals surface area contributed by atoms with E-state index in [0.29, 0.717) is 18.9 Å². The minimum atomic E-state index is -0.736. The van der Waals surface area contributed by atoms with Gasteiger partial charge < -0.3 is 9.64 Å². The van der Waals surface area contributed by atoms with Crippen molar-refractivity contribution in [3.63, 3.8) is 0 Å². The summed E-state index contributed by atoms with van der Waals surface area (Å²) >= 11 is 0. The average Bonchev–Trinajstić information content (AvgIpc) is 2.53. The maximum atomic E-state index is 13.0. The van der Waals surface area contributed by atoms with E-state index in [1.165, 1.54) is 0 Å². The number of benzene rings is 1. The predicted octanol–water partition coefficient (Wildman–Crippen LogP) is 3.58. The quantitative estimate of drug-likeness (QED) is 0.853. The zero-order valence-corrected chi connectivity index (χ0v) is 14.2. The van der Waals surface area contributed by atoms with E-state index in [4.69, 9.17) is 4.74 Å². The second kappa shape index (κ2) is 6.51. The molecule has 1 aliphatic rings. The van der Waals surface area contributed by atoms with Crippen LogP contribution >= 0.6 is 0 Å². The lowest BCUT2D eigenvalue weighted by atomic mass is 9.92. The van der Waals surface area contributed by atoms with E-state index in [-0.39, 0.29) is 18.0 Å². The number of ether oxygens (including phenoxy) is 1. The van der Waals surface area contributed by atoms with Gasteiger partial charge in [-0.25, -0.2) is 4.99 Å². The molecule has 1 amide bonds. The first kappa shape index (κ1) is 16.5. The maximum absolute atomic E-state index is 13.0. The molecule has 0 radical (unpaired) electrons. The Morgan fingerprint density at radius 2 is 1.95 bits per heavy atom.